The van der Waals surface area contributed by atoms with E-state index in [4.69, 9.17) is 0 Å². The molecule has 2 amide bonds. The van der Waals surface area contributed by atoms with Gasteiger partial charge in [-0.15, -0.1) is 0 Å². The smallest absolute Gasteiger partial charge is 0.318 e. The van der Waals surface area contributed by atoms with Crippen LogP contribution >= 0.6 is 0 Å². The predicted octanol–water partition coefficient (Wildman–Crippen LogP) is 4.23. The molecular formula is C20H23F2N3O. The number of aromatic nitrogens is 1. The Bertz CT molecular complexity index is 770. The number of nitrogens with zero attached hydrogens (tertiary/aromatic N) is 2. The standard InChI is InChI=1S/C20H23F2N3O/c1-14-5-6-16(12-15(14)2)18(17-4-3-9-23-13-17)24-19(26)25-10-7-20(21,22)8-11-25/h3-6,9,12-13,18H,7-8,10-11H2,1-2H3,(H,24,26)/t18-/m1/s1. The fraction of sp³-hybridized carbons (Fsp3) is 0.400. The molecule has 1 aromatic heterocycles. The Morgan fingerprint density at radius 1 is 1.15 bits per heavy atom. The first-order chi connectivity index (χ1) is 12.4. The van der Waals surface area contributed by atoms with Gasteiger partial charge in [0.2, 0.25) is 0 Å². The monoisotopic (exact) mass is 359 g/mol. The third-order valence-electron chi connectivity index (χ3n) is 4.93. The van der Waals surface area contributed by atoms with Gasteiger partial charge in [0.1, 0.15) is 0 Å². The highest BCUT2D eigenvalue weighted by Crippen LogP contribution is 2.29. The van der Waals surface area contributed by atoms with Crippen LogP contribution < -0.4 is 5.32 Å². The molecule has 1 N–H and O–H groups in total. The van der Waals surface area contributed by atoms with Gasteiger partial charge in [-0.2, -0.15) is 0 Å². The largest absolute Gasteiger partial charge is 0.327 e. The summed E-state index contributed by atoms with van der Waals surface area (Å²) in [7, 11) is 0. The number of piperidine rings is 1. The lowest BCUT2D eigenvalue weighted by Crippen LogP contribution is -2.48. The van der Waals surface area contributed by atoms with E-state index >= 15 is 0 Å². The van der Waals surface area contributed by atoms with Gasteiger partial charge in [-0.05, 0) is 42.2 Å². The third-order valence-corrected chi connectivity index (χ3v) is 4.93. The zero-order valence-corrected chi connectivity index (χ0v) is 15.0. The van der Waals surface area contributed by atoms with E-state index in [0.29, 0.717) is 0 Å². The quantitative estimate of drug-likeness (QED) is 0.891. The number of nitrogens with one attached hydrogen (secondary N) is 1. The number of amides is 2. The molecule has 1 fully saturated rings. The van der Waals surface area contributed by atoms with Crippen LogP contribution in [0.15, 0.2) is 42.7 Å². The van der Waals surface area contributed by atoms with Crippen molar-refractivity contribution in [2.45, 2.75) is 38.7 Å². The molecule has 0 radical (unpaired) electrons. The molecule has 0 aliphatic carbocycles. The lowest BCUT2D eigenvalue weighted by atomic mass is 9.96. The molecular weight excluding hydrogens is 336 g/mol. The van der Waals surface area contributed by atoms with E-state index in [-0.39, 0.29) is 38.0 Å². The van der Waals surface area contributed by atoms with E-state index < -0.39 is 5.92 Å². The summed E-state index contributed by atoms with van der Waals surface area (Å²) in [4.78, 5) is 18.3. The molecule has 2 aromatic rings. The molecule has 0 saturated carbocycles. The molecule has 138 valence electrons. The number of likely N-dealkylation sites (tertiary alicyclic amines) is 1. The molecule has 1 aliphatic heterocycles. The molecule has 1 aromatic carbocycles. The lowest BCUT2D eigenvalue weighted by molar-refractivity contribution is -0.0470. The highest BCUT2D eigenvalue weighted by Gasteiger charge is 2.36. The minimum absolute atomic E-state index is 0.0610. The molecule has 0 bridgehead atoms. The Kier molecular flexibility index (Phi) is 5.20. The van der Waals surface area contributed by atoms with Crippen LogP contribution in [-0.2, 0) is 0 Å². The maximum atomic E-state index is 13.3. The highest BCUT2D eigenvalue weighted by atomic mass is 19.3. The molecule has 6 heteroatoms. The fourth-order valence-electron chi connectivity index (χ4n) is 3.10. The fourth-order valence-corrected chi connectivity index (χ4v) is 3.10. The van der Waals surface area contributed by atoms with Gasteiger partial charge >= 0.3 is 6.03 Å². The van der Waals surface area contributed by atoms with Gasteiger partial charge in [-0.3, -0.25) is 4.98 Å². The topological polar surface area (TPSA) is 45.2 Å². The number of urea groups is 1. The van der Waals surface area contributed by atoms with E-state index in [1.807, 2.05) is 44.2 Å². The van der Waals surface area contributed by atoms with Crippen molar-refractivity contribution in [2.24, 2.45) is 0 Å². The molecule has 0 spiro atoms. The normalized spacial score (nSPS) is 17.6. The van der Waals surface area contributed by atoms with Crippen LogP contribution in [0.5, 0.6) is 0 Å². The maximum absolute atomic E-state index is 13.3. The van der Waals surface area contributed by atoms with Crippen LogP contribution in [0.4, 0.5) is 13.6 Å². The number of alkyl halides is 2. The van der Waals surface area contributed by atoms with Crippen LogP contribution in [0.25, 0.3) is 0 Å². The molecule has 0 unspecified atom stereocenters. The van der Waals surface area contributed by atoms with E-state index in [1.54, 1.807) is 12.4 Å². The van der Waals surface area contributed by atoms with Crippen molar-refractivity contribution in [2.75, 3.05) is 13.1 Å². The molecule has 2 heterocycles. The predicted molar refractivity (Wildman–Crippen MR) is 96.3 cm³/mol. The van der Waals surface area contributed by atoms with Crippen molar-refractivity contribution < 1.29 is 13.6 Å². The van der Waals surface area contributed by atoms with Gasteiger partial charge in [-0.25, -0.2) is 13.6 Å². The van der Waals surface area contributed by atoms with E-state index in [9.17, 15) is 13.6 Å². The van der Waals surface area contributed by atoms with E-state index in [2.05, 4.69) is 10.3 Å². The van der Waals surface area contributed by atoms with Gasteiger partial charge in [0.05, 0.1) is 6.04 Å². The number of aryl methyl sites for hydroxylation is 2. The molecule has 3 rings (SSSR count). The Balaban J connectivity index is 1.82. The summed E-state index contributed by atoms with van der Waals surface area (Å²) in [5.41, 5.74) is 4.09. The number of rotatable bonds is 3. The molecule has 4 nitrogen and oxygen atoms in total. The van der Waals surface area contributed by atoms with Gasteiger partial charge in [0.15, 0.2) is 0 Å². The van der Waals surface area contributed by atoms with Crippen molar-refractivity contribution in [3.63, 3.8) is 0 Å². The van der Waals surface area contributed by atoms with Crippen LogP contribution in [0, 0.1) is 13.8 Å². The molecule has 26 heavy (non-hydrogen) atoms. The van der Waals surface area contributed by atoms with Crippen molar-refractivity contribution in [1.82, 2.24) is 15.2 Å². The summed E-state index contributed by atoms with van der Waals surface area (Å²) in [6.45, 7) is 4.18. The highest BCUT2D eigenvalue weighted by molar-refractivity contribution is 5.75. The number of benzene rings is 1. The number of carbonyl (C=O) groups excluding carboxylic acids is 1. The van der Waals surface area contributed by atoms with Crippen LogP contribution in [0.3, 0.4) is 0 Å². The molecule has 1 aliphatic rings. The van der Waals surface area contributed by atoms with Gasteiger partial charge in [0, 0.05) is 38.3 Å². The van der Waals surface area contributed by atoms with Crippen LogP contribution in [0.1, 0.15) is 41.1 Å². The number of pyridine rings is 1. The van der Waals surface area contributed by atoms with Gasteiger partial charge < -0.3 is 10.2 Å². The summed E-state index contributed by atoms with van der Waals surface area (Å²) in [6, 6.07) is 9.05. The first-order valence-corrected chi connectivity index (χ1v) is 8.76. The van der Waals surface area contributed by atoms with Gasteiger partial charge in [0.25, 0.3) is 5.92 Å². The summed E-state index contributed by atoms with van der Waals surface area (Å²) in [6.07, 6.45) is 2.81. The number of hydrogen-bond donors (Lipinski definition) is 1. The van der Waals surface area contributed by atoms with Crippen molar-refractivity contribution in [3.8, 4) is 0 Å². The van der Waals surface area contributed by atoms with E-state index in [1.165, 1.54) is 10.5 Å². The maximum Gasteiger partial charge on any atom is 0.318 e. The Hall–Kier alpha value is -2.50. The zero-order valence-electron chi connectivity index (χ0n) is 15.0. The first-order valence-electron chi connectivity index (χ1n) is 8.76. The minimum Gasteiger partial charge on any atom is -0.327 e. The second-order valence-corrected chi connectivity index (χ2v) is 6.86. The minimum atomic E-state index is -2.67. The van der Waals surface area contributed by atoms with Crippen LogP contribution in [0.2, 0.25) is 0 Å². The van der Waals surface area contributed by atoms with E-state index in [0.717, 1.165) is 16.7 Å². The summed E-state index contributed by atoms with van der Waals surface area (Å²) in [5.74, 6) is -2.67. The number of halogens is 2. The van der Waals surface area contributed by atoms with Crippen molar-refractivity contribution >= 4 is 6.03 Å². The van der Waals surface area contributed by atoms with Crippen molar-refractivity contribution in [3.05, 3.63) is 65.0 Å². The average molecular weight is 359 g/mol. The summed E-state index contributed by atoms with van der Waals surface area (Å²) < 4.78 is 26.7. The summed E-state index contributed by atoms with van der Waals surface area (Å²) >= 11 is 0. The SMILES string of the molecule is Cc1ccc([C@@H](NC(=O)N2CCC(F)(F)CC2)c2cccnc2)cc1C. The van der Waals surface area contributed by atoms with Gasteiger partial charge in [-0.1, -0.05) is 24.3 Å². The number of hydrogen-bond acceptors (Lipinski definition) is 2. The Morgan fingerprint density at radius 3 is 2.50 bits per heavy atom. The van der Waals surface area contributed by atoms with Crippen LogP contribution in [-0.4, -0.2) is 34.9 Å². The summed E-state index contributed by atoms with van der Waals surface area (Å²) in [5, 5.41) is 3.00. The number of carbonyl (C=O) groups is 1. The van der Waals surface area contributed by atoms with Crippen molar-refractivity contribution in [1.29, 1.82) is 0 Å². The first kappa shape index (κ1) is 18.3. The Morgan fingerprint density at radius 2 is 1.88 bits per heavy atom. The molecule has 1 saturated heterocycles. The zero-order chi connectivity index (χ0) is 18.7. The lowest BCUT2D eigenvalue weighted by Gasteiger charge is -2.33. The second-order valence-electron chi connectivity index (χ2n) is 6.86. The Labute approximate surface area is 152 Å². The third kappa shape index (κ3) is 4.18. The molecule has 1 atom stereocenters. The second kappa shape index (κ2) is 7.40. The average Bonchev–Trinajstić information content (AvgIpc) is 2.62.